The Bertz CT molecular complexity index is 834. The summed E-state index contributed by atoms with van der Waals surface area (Å²) in [5, 5.41) is 12.2. The van der Waals surface area contributed by atoms with Gasteiger partial charge in [0.15, 0.2) is 0 Å². The molecule has 2 N–H and O–H groups in total. The molecule has 0 radical (unpaired) electrons. The first-order chi connectivity index (χ1) is 11.4. The molecule has 24 heavy (non-hydrogen) atoms. The van der Waals surface area contributed by atoms with E-state index in [2.05, 4.69) is 20.8 Å². The summed E-state index contributed by atoms with van der Waals surface area (Å²) in [4.78, 5) is 16.2. The van der Waals surface area contributed by atoms with Gasteiger partial charge in [-0.25, -0.2) is 4.79 Å². The molecule has 124 valence electrons. The van der Waals surface area contributed by atoms with E-state index < -0.39 is 0 Å². The quantitative estimate of drug-likeness (QED) is 0.720. The minimum atomic E-state index is -0.371. The number of thiophene rings is 1. The van der Waals surface area contributed by atoms with Crippen molar-refractivity contribution >= 4 is 28.3 Å². The fourth-order valence-corrected chi connectivity index (χ4v) is 2.90. The highest BCUT2D eigenvalue weighted by Crippen LogP contribution is 2.33. The molecule has 0 aromatic carbocycles. The Labute approximate surface area is 143 Å². The summed E-state index contributed by atoms with van der Waals surface area (Å²) in [5.41, 5.74) is 2.59. The molecule has 0 spiro atoms. The van der Waals surface area contributed by atoms with Gasteiger partial charge in [0, 0.05) is 29.4 Å². The Morgan fingerprint density at radius 3 is 2.58 bits per heavy atom. The second-order valence-electron chi connectivity index (χ2n) is 6.30. The fourth-order valence-electron chi connectivity index (χ4n) is 2.10. The molecule has 7 heteroatoms. The molecule has 0 aliphatic carbocycles. The number of amides is 2. The molecule has 3 aromatic heterocycles. The summed E-state index contributed by atoms with van der Waals surface area (Å²) < 4.78 is 5.17. The van der Waals surface area contributed by atoms with E-state index in [1.54, 1.807) is 18.5 Å². The molecule has 0 fully saturated rings. The molecule has 2 amide bonds. The Balaban J connectivity index is 1.70. The van der Waals surface area contributed by atoms with Crippen LogP contribution in [0, 0.1) is 0 Å². The number of aromatic nitrogens is 2. The number of urea groups is 1. The third kappa shape index (κ3) is 3.62. The minimum absolute atomic E-state index is 0.137. The average Bonchev–Trinajstić information content (AvgIpc) is 3.17. The number of carbonyl (C=O) groups is 1. The number of nitrogens with one attached hydrogen (secondary N) is 2. The Morgan fingerprint density at radius 1 is 1.17 bits per heavy atom. The number of rotatable bonds is 3. The number of hydrogen-bond acceptors (Lipinski definition) is 5. The van der Waals surface area contributed by atoms with Crippen molar-refractivity contribution in [3.05, 3.63) is 47.7 Å². The smallest absolute Gasteiger partial charge is 0.326 e. The van der Waals surface area contributed by atoms with Crippen molar-refractivity contribution in [1.82, 2.24) is 10.1 Å². The van der Waals surface area contributed by atoms with E-state index in [0.29, 0.717) is 5.88 Å². The van der Waals surface area contributed by atoms with Crippen LogP contribution < -0.4 is 10.6 Å². The molecule has 3 aromatic rings. The topological polar surface area (TPSA) is 80.0 Å². The molecule has 0 saturated heterocycles. The zero-order chi connectivity index (χ0) is 17.2. The van der Waals surface area contributed by atoms with Gasteiger partial charge in [-0.05, 0) is 29.1 Å². The summed E-state index contributed by atoms with van der Waals surface area (Å²) in [7, 11) is 0. The number of nitrogens with zero attached hydrogens (tertiary/aromatic N) is 2. The lowest BCUT2D eigenvalue weighted by Gasteiger charge is -2.12. The van der Waals surface area contributed by atoms with Crippen molar-refractivity contribution in [1.29, 1.82) is 0 Å². The van der Waals surface area contributed by atoms with Crippen LogP contribution in [0.1, 0.15) is 26.5 Å². The van der Waals surface area contributed by atoms with Crippen LogP contribution in [0.3, 0.4) is 0 Å². The normalized spacial score (nSPS) is 11.3. The van der Waals surface area contributed by atoms with Crippen LogP contribution in [0.5, 0.6) is 0 Å². The lowest BCUT2D eigenvalue weighted by Crippen LogP contribution is -2.18. The summed E-state index contributed by atoms with van der Waals surface area (Å²) in [6.07, 6.45) is 3.44. The predicted molar refractivity (Wildman–Crippen MR) is 95.4 cm³/mol. The second kappa shape index (κ2) is 6.45. The van der Waals surface area contributed by atoms with Crippen LogP contribution in [0.25, 0.3) is 11.1 Å². The van der Waals surface area contributed by atoms with Crippen LogP contribution in [0.2, 0.25) is 0 Å². The molecule has 3 heterocycles. The molecule has 0 atom stereocenters. The summed E-state index contributed by atoms with van der Waals surface area (Å²) in [5.74, 6) is 0.319. The van der Waals surface area contributed by atoms with Crippen LogP contribution >= 0.6 is 11.3 Å². The van der Waals surface area contributed by atoms with E-state index >= 15 is 0 Å². The highest BCUT2D eigenvalue weighted by Gasteiger charge is 2.20. The van der Waals surface area contributed by atoms with Crippen molar-refractivity contribution in [2.75, 3.05) is 10.6 Å². The first kappa shape index (κ1) is 16.2. The van der Waals surface area contributed by atoms with Gasteiger partial charge >= 0.3 is 6.03 Å². The first-order valence-corrected chi connectivity index (χ1v) is 8.34. The van der Waals surface area contributed by atoms with Gasteiger partial charge in [0.1, 0.15) is 5.00 Å². The van der Waals surface area contributed by atoms with E-state index in [4.69, 9.17) is 4.52 Å². The lowest BCUT2D eigenvalue weighted by atomic mass is 9.92. The monoisotopic (exact) mass is 342 g/mol. The molecule has 0 unspecified atom stereocenters. The molecule has 0 aliphatic rings. The first-order valence-electron chi connectivity index (χ1n) is 7.46. The van der Waals surface area contributed by atoms with Gasteiger partial charge in [-0.15, -0.1) is 11.3 Å². The second-order valence-corrected chi connectivity index (χ2v) is 7.22. The SMILES string of the molecule is CC(C)(C)c1cc(NC(=O)Nc2sccc2-c2ccncc2)on1. The molecule has 3 rings (SSSR count). The summed E-state index contributed by atoms with van der Waals surface area (Å²) >= 11 is 1.45. The molecular weight excluding hydrogens is 324 g/mol. The standard InChI is InChI=1S/C17H18N4O2S/c1-17(2,3)13-10-14(23-21-13)19-16(22)20-15-12(6-9-24-15)11-4-7-18-8-5-11/h4-10H,1-3H3,(H2,19,20,22). The Kier molecular flexibility index (Phi) is 4.35. The van der Waals surface area contributed by atoms with Crippen molar-refractivity contribution in [2.45, 2.75) is 26.2 Å². The number of pyridine rings is 1. The van der Waals surface area contributed by atoms with E-state index in [9.17, 15) is 4.79 Å². The highest BCUT2D eigenvalue weighted by atomic mass is 32.1. The summed E-state index contributed by atoms with van der Waals surface area (Å²) in [6, 6.07) is 7.12. The van der Waals surface area contributed by atoms with Crippen molar-refractivity contribution in [3.63, 3.8) is 0 Å². The van der Waals surface area contributed by atoms with Gasteiger partial charge in [-0.2, -0.15) is 0 Å². The van der Waals surface area contributed by atoms with Crippen molar-refractivity contribution in [2.24, 2.45) is 0 Å². The summed E-state index contributed by atoms with van der Waals surface area (Å²) in [6.45, 7) is 6.09. The molecule has 0 saturated carbocycles. The maximum absolute atomic E-state index is 12.2. The maximum atomic E-state index is 12.2. The van der Waals surface area contributed by atoms with Gasteiger partial charge in [0.25, 0.3) is 0 Å². The van der Waals surface area contributed by atoms with Crippen LogP contribution in [0.4, 0.5) is 15.7 Å². The molecule has 0 aliphatic heterocycles. The number of hydrogen-bond donors (Lipinski definition) is 2. The van der Waals surface area contributed by atoms with Gasteiger partial charge in [0.2, 0.25) is 5.88 Å². The van der Waals surface area contributed by atoms with Crippen LogP contribution in [-0.4, -0.2) is 16.2 Å². The highest BCUT2D eigenvalue weighted by molar-refractivity contribution is 7.15. The van der Waals surface area contributed by atoms with E-state index in [0.717, 1.165) is 21.8 Å². The third-order valence-corrected chi connectivity index (χ3v) is 4.23. The Hall–Kier alpha value is -2.67. The molecule has 6 nitrogen and oxygen atoms in total. The van der Waals surface area contributed by atoms with Crippen LogP contribution in [-0.2, 0) is 5.41 Å². The average molecular weight is 342 g/mol. The van der Waals surface area contributed by atoms with Crippen molar-refractivity contribution in [3.8, 4) is 11.1 Å². The minimum Gasteiger partial charge on any atom is -0.338 e. The van der Waals surface area contributed by atoms with E-state index in [-0.39, 0.29) is 11.4 Å². The number of carbonyl (C=O) groups excluding carboxylic acids is 1. The van der Waals surface area contributed by atoms with Gasteiger partial charge in [-0.1, -0.05) is 25.9 Å². The lowest BCUT2D eigenvalue weighted by molar-refractivity contribution is 0.261. The van der Waals surface area contributed by atoms with Gasteiger partial charge < -0.3 is 4.52 Å². The molecule has 0 bridgehead atoms. The number of anilines is 2. The zero-order valence-corrected chi connectivity index (χ0v) is 14.5. The third-order valence-electron chi connectivity index (χ3n) is 3.40. The molecular formula is C17H18N4O2S. The van der Waals surface area contributed by atoms with Gasteiger partial charge in [-0.3, -0.25) is 15.6 Å². The van der Waals surface area contributed by atoms with E-state index in [1.807, 2.05) is 44.4 Å². The zero-order valence-electron chi connectivity index (χ0n) is 13.7. The van der Waals surface area contributed by atoms with Crippen LogP contribution in [0.15, 0.2) is 46.6 Å². The maximum Gasteiger partial charge on any atom is 0.326 e. The van der Waals surface area contributed by atoms with Crippen molar-refractivity contribution < 1.29 is 9.32 Å². The fraction of sp³-hybridized carbons (Fsp3) is 0.235. The Morgan fingerprint density at radius 2 is 1.92 bits per heavy atom. The van der Waals surface area contributed by atoms with E-state index in [1.165, 1.54) is 11.3 Å². The van der Waals surface area contributed by atoms with Gasteiger partial charge in [0.05, 0.1) is 5.69 Å². The predicted octanol–water partition coefficient (Wildman–Crippen LogP) is 4.74. The largest absolute Gasteiger partial charge is 0.338 e.